The molecule has 13 aromatic rings. The number of carboxylic acids is 5. The number of aromatic nitrogens is 18. The third-order valence-electron chi connectivity index (χ3n) is 16.7. The maximum atomic E-state index is 12.7. The Balaban J connectivity index is 0.000000189. The van der Waals surface area contributed by atoms with E-state index in [2.05, 4.69) is 117 Å². The van der Waals surface area contributed by atoms with Gasteiger partial charge in [-0.05, 0) is 112 Å². The molecular formula is C65H58N28O35S6. The highest BCUT2D eigenvalue weighted by Crippen LogP contribution is 2.34. The van der Waals surface area contributed by atoms with Crippen molar-refractivity contribution in [2.75, 3.05) is 0 Å². The van der Waals surface area contributed by atoms with Gasteiger partial charge in [0.25, 0.3) is 100 Å². The van der Waals surface area contributed by atoms with Crippen molar-refractivity contribution in [3.05, 3.63) is 224 Å². The number of rotatable bonds is 26. The van der Waals surface area contributed by atoms with E-state index in [1.807, 2.05) is 0 Å². The Bertz CT molecular complexity index is 8070. The van der Waals surface area contributed by atoms with Crippen LogP contribution in [0.2, 0.25) is 0 Å². The van der Waals surface area contributed by atoms with Gasteiger partial charge in [-0.1, -0.05) is 0 Å². The summed E-state index contributed by atoms with van der Waals surface area (Å²) in [5, 5.41) is 132. The van der Waals surface area contributed by atoms with Gasteiger partial charge in [0.05, 0.1) is 71.7 Å². The van der Waals surface area contributed by atoms with Crippen molar-refractivity contribution in [2.45, 2.75) is 51.9 Å². The lowest BCUT2D eigenvalue weighted by Gasteiger charge is -2.08. The molecule has 63 nitrogen and oxygen atoms in total. The minimum absolute atomic E-state index is 0.0696. The van der Waals surface area contributed by atoms with Crippen LogP contribution in [0.5, 0.6) is 11.8 Å². The first kappa shape index (κ1) is 101. The fraction of sp³-hybridized carbons (Fsp3) is 0.108. The number of benzene rings is 4. The van der Waals surface area contributed by atoms with Crippen molar-refractivity contribution in [1.29, 1.82) is 0 Å². The highest BCUT2D eigenvalue weighted by Gasteiger charge is 2.26. The Morgan fingerprint density at radius 3 is 0.940 bits per heavy atom. The van der Waals surface area contributed by atoms with Crippen molar-refractivity contribution in [3.63, 3.8) is 0 Å². The zero-order chi connectivity index (χ0) is 99.5. The molecule has 9 aromatic heterocycles. The van der Waals surface area contributed by atoms with E-state index in [-0.39, 0.29) is 88.7 Å². The van der Waals surface area contributed by atoms with Crippen LogP contribution in [0.4, 0.5) is 57.7 Å². The van der Waals surface area contributed by atoms with E-state index in [1.54, 1.807) is 13.8 Å². The average Bonchev–Trinajstić information content (AvgIpc) is 1.74. The number of nitrogens with one attached hydrogen (secondary N) is 7. The molecule has 704 valence electrons. The summed E-state index contributed by atoms with van der Waals surface area (Å²) in [6.07, 6.45) is 2.05. The number of aromatic carboxylic acids is 5. The largest absolute Gasteiger partial charge is 0.493 e. The van der Waals surface area contributed by atoms with Gasteiger partial charge in [-0.2, -0.15) is 70.7 Å². The fourth-order valence-corrected chi connectivity index (χ4v) is 13.5. The molecule has 9 heterocycles. The molecule has 0 bridgehead atoms. The van der Waals surface area contributed by atoms with Crippen molar-refractivity contribution < 1.29 is 138 Å². The van der Waals surface area contributed by atoms with Gasteiger partial charge >= 0.3 is 29.8 Å². The van der Waals surface area contributed by atoms with Crippen molar-refractivity contribution in [1.82, 2.24) is 89.2 Å². The van der Waals surface area contributed by atoms with Crippen LogP contribution in [0.1, 0.15) is 80.5 Å². The second kappa shape index (κ2) is 40.3. The Hall–Kier alpha value is -17.1. The summed E-state index contributed by atoms with van der Waals surface area (Å²) in [4.78, 5) is 121. The highest BCUT2D eigenvalue weighted by molar-refractivity contribution is 7.87. The summed E-state index contributed by atoms with van der Waals surface area (Å²) in [5.74, 6) is -12.2. The predicted molar refractivity (Wildman–Crippen MR) is 442 cm³/mol. The third-order valence-corrected chi connectivity index (χ3v) is 21.5. The Morgan fingerprint density at radius 2 is 0.649 bits per heavy atom. The Morgan fingerprint density at radius 1 is 0.358 bits per heavy atom. The minimum Gasteiger partial charge on any atom is -0.493 e. The average molecular weight is 1980 g/mol. The standard InChI is InChI=1S/C17H14N4O9S2.C14H12N6O6S.C13H11N7O6S.C11H11N5O7S.C10H10N6O7S/c1-9-15(16(22)21(20-9)10-2-4-11(5-3-10)31(25,26)27)19-18-14-7-6-12(32(28,29)30)8-13(14)17(23)24;1-7-11(16-18-12-10(14(22)23)6-15-17-12)13(21)20(19-7)8-2-4-9(5-3-8)27(24,25)26;1-6-9(15-17-13-14-10(12(22)23)16-18-13)11(21)20(19-6)7-2-4-8(5-3-7)27(24,25)26;1-16-7(17)2-5(4-24(21,22)23)8(10(16)18)13-15-9-6(11(19)20)3-12-14-9;1-16-5(17)2-4(3-24(21,22)23)6(8(16)18)12-14-10-11-7(9(19)20)13-15-10/h2-8,20H,1H3,(H,23,24)(H,25,26,27)(H,28,29,30);2-6,19H,1H3,(H,15,17)(H,22,23)(H,24,25,26);2-5,19H,1H3,(H,22,23)(H,14,16,18)(H,24,25,26);2-3,18H,4H2,1H3,(H,12,14)(H,19,20)(H,21,22,23);2,18H,3H2,1H3,(H,19,20)(H,11,13,15)(H,21,22,23). The summed E-state index contributed by atoms with van der Waals surface area (Å²) < 4.78 is 192. The highest BCUT2D eigenvalue weighted by atomic mass is 32.2. The monoisotopic (exact) mass is 1980 g/mol. The van der Waals surface area contributed by atoms with Gasteiger partial charge in [0.1, 0.15) is 28.3 Å². The van der Waals surface area contributed by atoms with Gasteiger partial charge in [-0.15, -0.1) is 61.3 Å². The second-order valence-electron chi connectivity index (χ2n) is 25.9. The quantitative estimate of drug-likeness (QED) is 0.0260. The number of aryl methyl sites for hydroxylation is 3. The summed E-state index contributed by atoms with van der Waals surface area (Å²) in [6.45, 7) is 4.60. The number of nitrogens with zero attached hydrogens (tertiary/aromatic N) is 21. The normalized spacial score (nSPS) is 12.0. The van der Waals surface area contributed by atoms with Crippen LogP contribution in [-0.2, 0) is 86.3 Å². The molecule has 0 amide bonds. The molecule has 0 fully saturated rings. The van der Waals surface area contributed by atoms with E-state index < -0.39 is 181 Å². The number of carboxylic acid groups (broad SMARTS) is 5. The van der Waals surface area contributed by atoms with E-state index in [0.29, 0.717) is 28.8 Å². The molecule has 0 aliphatic heterocycles. The number of H-pyrrole nitrogens is 7. The maximum absolute atomic E-state index is 12.7. The lowest BCUT2D eigenvalue weighted by molar-refractivity contribution is 0.0673. The van der Waals surface area contributed by atoms with Crippen molar-refractivity contribution in [2.24, 2.45) is 65.2 Å². The van der Waals surface area contributed by atoms with Gasteiger partial charge < -0.3 is 35.7 Å². The van der Waals surface area contributed by atoms with Crippen LogP contribution in [0.15, 0.2) is 210 Å². The van der Waals surface area contributed by atoms with Crippen LogP contribution < -0.4 is 27.8 Å². The van der Waals surface area contributed by atoms with Crippen LogP contribution in [0, 0.1) is 20.8 Å². The molecule has 69 heteroatoms. The third kappa shape index (κ3) is 25.3. The molecular weight excluding hydrogens is 1930 g/mol. The molecule has 134 heavy (non-hydrogen) atoms. The summed E-state index contributed by atoms with van der Waals surface area (Å²) in [5.41, 5.74) is -4.76. The smallest absolute Gasteiger partial charge is 0.373 e. The molecule has 13 rings (SSSR count). The predicted octanol–water partition coefficient (Wildman–Crippen LogP) is 4.62. The van der Waals surface area contributed by atoms with Gasteiger partial charge in [0.15, 0.2) is 40.1 Å². The van der Waals surface area contributed by atoms with E-state index in [1.165, 1.54) is 57.4 Å². The Kier molecular flexibility index (Phi) is 30.3. The van der Waals surface area contributed by atoms with Crippen LogP contribution in [0.3, 0.4) is 0 Å². The summed E-state index contributed by atoms with van der Waals surface area (Å²) in [6, 6.07) is 18.8. The molecule has 4 aromatic carbocycles. The number of aromatic hydroxyl groups is 2. The van der Waals surface area contributed by atoms with Crippen LogP contribution >= 0.6 is 0 Å². The molecule has 0 unspecified atom stereocenters. The number of aromatic amines is 7. The van der Waals surface area contributed by atoms with Gasteiger partial charge in [-0.25, -0.2) is 38.0 Å². The molecule has 0 saturated carbocycles. The SMILES string of the molecule is Cc1[nH]n(-c2ccc(S(=O)(=O)O)cc2)c(=O)c1N=Nc1[nH]ncc1C(=O)O.Cc1[nH]n(-c2ccc(S(=O)(=O)O)cc2)c(=O)c1N=Nc1ccc(S(=O)(=O)O)cc1C(=O)O.Cc1[nH]n(-c2ccc(S(=O)(=O)O)cc2)c(=O)c1N=Nc1n[nH]c(C(=O)O)n1.Cn1c(O)c(N=Nc2[nH]ncc2C(=O)O)c(CS(=O)(=O)O)cc1=O.Cn1c(O)c(N=Nc2n[nH]c(C(=O)O)n2)c(CS(=O)(=O)O)cc1=O. The number of hydrogen-bond acceptors (Lipinski definition) is 40. The number of azo groups is 5. The number of carbonyl (C=O) groups is 5. The molecule has 0 aliphatic rings. The molecule has 0 radical (unpaired) electrons. The molecule has 20 N–H and O–H groups in total. The van der Waals surface area contributed by atoms with E-state index in [9.17, 15) is 114 Å². The fourth-order valence-electron chi connectivity index (χ4n) is 10.3. The first-order valence-electron chi connectivity index (χ1n) is 35.0. The van der Waals surface area contributed by atoms with Gasteiger partial charge in [-0.3, -0.25) is 96.1 Å². The second-order valence-corrected chi connectivity index (χ2v) is 34.5. The molecule has 0 saturated heterocycles. The van der Waals surface area contributed by atoms with Gasteiger partial charge in [0.2, 0.25) is 23.4 Å². The van der Waals surface area contributed by atoms with Crippen LogP contribution in [0.25, 0.3) is 17.1 Å². The molecule has 0 spiro atoms. The lowest BCUT2D eigenvalue weighted by atomic mass is 10.2. The van der Waals surface area contributed by atoms with Gasteiger partial charge in [0, 0.05) is 37.4 Å². The zero-order valence-corrected chi connectivity index (χ0v) is 71.9. The van der Waals surface area contributed by atoms with E-state index in [4.69, 9.17) is 47.7 Å². The lowest BCUT2D eigenvalue weighted by Crippen LogP contribution is -2.17. The summed E-state index contributed by atoms with van der Waals surface area (Å²) >= 11 is 0. The van der Waals surface area contributed by atoms with Crippen LogP contribution in [-0.4, -0.2) is 233 Å². The topological polar surface area (TPSA) is 975 Å². The van der Waals surface area contributed by atoms with Crippen molar-refractivity contribution >= 4 is 148 Å². The first-order valence-corrected chi connectivity index (χ1v) is 44.0. The number of hydrogen-bond donors (Lipinski definition) is 20. The Labute approximate surface area is 740 Å². The zero-order valence-electron chi connectivity index (χ0n) is 67.0. The number of pyridine rings is 2. The molecule has 0 atom stereocenters. The summed E-state index contributed by atoms with van der Waals surface area (Å²) in [7, 11) is -24.4. The maximum Gasteiger partial charge on any atom is 0.373 e. The van der Waals surface area contributed by atoms with Crippen molar-refractivity contribution in [3.8, 4) is 28.8 Å². The molecule has 0 aliphatic carbocycles. The van der Waals surface area contributed by atoms with E-state index >= 15 is 0 Å². The van der Waals surface area contributed by atoms with E-state index in [0.717, 1.165) is 96.2 Å². The minimum atomic E-state index is -4.64. The first-order chi connectivity index (χ1) is 62.3.